The van der Waals surface area contributed by atoms with Crippen molar-refractivity contribution in [2.24, 2.45) is 0 Å². The number of rotatable bonds is 6. The molecule has 0 aliphatic rings. The molecule has 0 aliphatic carbocycles. The molecule has 4 heteroatoms. The Balaban J connectivity index is 1.42. The molecule has 0 unspecified atom stereocenters. The van der Waals surface area contributed by atoms with Gasteiger partial charge in [-0.25, -0.2) is 15.0 Å². The van der Waals surface area contributed by atoms with Crippen molar-refractivity contribution in [3.8, 4) is 73.6 Å². The summed E-state index contributed by atoms with van der Waals surface area (Å²) in [6.07, 6.45) is 0. The van der Waals surface area contributed by atoms with Crippen LogP contribution in [0.4, 0.5) is 0 Å². The molecule has 44 heavy (non-hydrogen) atoms. The second-order valence-electron chi connectivity index (χ2n) is 10.5. The average molecular weight is 563 g/mol. The summed E-state index contributed by atoms with van der Waals surface area (Å²) in [5.74, 6) is 1.86. The lowest BCUT2D eigenvalue weighted by Gasteiger charge is -2.13. The number of nitrogens with zero attached hydrogens (tertiary/aromatic N) is 4. The molecule has 0 saturated carbocycles. The minimum Gasteiger partial charge on any atom is -0.208 e. The Kier molecular flexibility index (Phi) is 7.26. The molecule has 6 aromatic carbocycles. The Bertz CT molecular complexity index is 2060. The smallest absolute Gasteiger partial charge is 0.164 e. The van der Waals surface area contributed by atoms with Gasteiger partial charge in [-0.3, -0.25) is 0 Å². The molecule has 0 saturated heterocycles. The lowest BCUT2D eigenvalue weighted by Crippen LogP contribution is -2.00. The first-order valence-electron chi connectivity index (χ1n) is 14.4. The molecule has 0 amide bonds. The van der Waals surface area contributed by atoms with E-state index in [2.05, 4.69) is 72.8 Å². The van der Waals surface area contributed by atoms with E-state index in [0.717, 1.165) is 50.1 Å². The van der Waals surface area contributed by atoms with E-state index in [-0.39, 0.29) is 0 Å². The number of aromatic nitrogens is 3. The second kappa shape index (κ2) is 12.0. The maximum absolute atomic E-state index is 9.44. The Morgan fingerprint density at radius 1 is 0.318 bits per heavy atom. The third-order valence-corrected chi connectivity index (χ3v) is 7.52. The fourth-order valence-electron chi connectivity index (χ4n) is 5.30. The van der Waals surface area contributed by atoms with Crippen LogP contribution in [0.5, 0.6) is 0 Å². The van der Waals surface area contributed by atoms with Crippen molar-refractivity contribution in [3.63, 3.8) is 0 Å². The zero-order valence-corrected chi connectivity index (χ0v) is 23.8. The van der Waals surface area contributed by atoms with Crippen LogP contribution >= 0.6 is 0 Å². The van der Waals surface area contributed by atoms with E-state index in [1.165, 1.54) is 0 Å². The summed E-state index contributed by atoms with van der Waals surface area (Å²) in [6, 6.07) is 55.3. The normalized spacial score (nSPS) is 10.7. The van der Waals surface area contributed by atoms with Crippen molar-refractivity contribution in [3.05, 3.63) is 163 Å². The molecule has 206 valence electrons. The van der Waals surface area contributed by atoms with Gasteiger partial charge < -0.3 is 0 Å². The standard InChI is InChI=1S/C40H26N4/c41-27-28-12-10-19-32(22-28)33-20-11-21-34(23-33)36-24-35(29-13-4-1-5-14-29)25-37(26-36)40-43-38(30-15-6-2-7-16-30)42-39(44-40)31-17-8-3-9-18-31/h1-26H. The number of nitriles is 1. The zero-order chi connectivity index (χ0) is 29.7. The summed E-state index contributed by atoms with van der Waals surface area (Å²) in [4.78, 5) is 14.9. The molecule has 0 radical (unpaired) electrons. The largest absolute Gasteiger partial charge is 0.208 e. The molecule has 7 aromatic rings. The SMILES string of the molecule is N#Cc1cccc(-c2cccc(-c3cc(-c4ccccc4)cc(-c4nc(-c5ccccc5)nc(-c5ccccc5)n4)c3)c2)c1. The minimum absolute atomic E-state index is 0.606. The number of benzene rings is 6. The minimum atomic E-state index is 0.606. The number of hydrogen-bond donors (Lipinski definition) is 0. The topological polar surface area (TPSA) is 62.5 Å². The lowest BCUT2D eigenvalue weighted by molar-refractivity contribution is 1.07. The molecule has 1 heterocycles. The second-order valence-corrected chi connectivity index (χ2v) is 10.5. The van der Waals surface area contributed by atoms with Gasteiger partial charge in [-0.2, -0.15) is 5.26 Å². The molecular formula is C40H26N4. The fraction of sp³-hybridized carbons (Fsp3) is 0. The summed E-state index contributed by atoms with van der Waals surface area (Å²) < 4.78 is 0. The summed E-state index contributed by atoms with van der Waals surface area (Å²) in [5, 5.41) is 9.44. The van der Waals surface area contributed by atoms with Crippen LogP contribution in [0.15, 0.2) is 158 Å². The quantitative estimate of drug-likeness (QED) is 0.202. The van der Waals surface area contributed by atoms with Crippen molar-refractivity contribution in [1.82, 2.24) is 15.0 Å². The van der Waals surface area contributed by atoms with Crippen LogP contribution in [0.1, 0.15) is 5.56 Å². The van der Waals surface area contributed by atoms with E-state index in [9.17, 15) is 5.26 Å². The van der Waals surface area contributed by atoms with E-state index in [4.69, 9.17) is 15.0 Å². The van der Waals surface area contributed by atoms with Crippen molar-refractivity contribution >= 4 is 0 Å². The van der Waals surface area contributed by atoms with E-state index < -0.39 is 0 Å². The molecule has 0 N–H and O–H groups in total. The van der Waals surface area contributed by atoms with E-state index in [1.54, 1.807) is 0 Å². The first-order chi connectivity index (χ1) is 21.7. The molecule has 0 fully saturated rings. The molecule has 0 bridgehead atoms. The highest BCUT2D eigenvalue weighted by atomic mass is 15.0. The van der Waals surface area contributed by atoms with Gasteiger partial charge in [0.05, 0.1) is 11.6 Å². The molecular weight excluding hydrogens is 536 g/mol. The van der Waals surface area contributed by atoms with Crippen molar-refractivity contribution in [2.75, 3.05) is 0 Å². The first kappa shape index (κ1) is 26.7. The van der Waals surface area contributed by atoms with Crippen LogP contribution in [-0.2, 0) is 0 Å². The summed E-state index contributed by atoms with van der Waals surface area (Å²) in [5.41, 5.74) is 9.72. The molecule has 1 aromatic heterocycles. The average Bonchev–Trinajstić information content (AvgIpc) is 3.12. The van der Waals surface area contributed by atoms with E-state index >= 15 is 0 Å². The van der Waals surface area contributed by atoms with Gasteiger partial charge in [0.1, 0.15) is 0 Å². The maximum atomic E-state index is 9.44. The van der Waals surface area contributed by atoms with Gasteiger partial charge in [0.15, 0.2) is 17.5 Å². The Hall–Kier alpha value is -6.18. The summed E-state index contributed by atoms with van der Waals surface area (Å²) >= 11 is 0. The Morgan fingerprint density at radius 2 is 0.682 bits per heavy atom. The highest BCUT2D eigenvalue weighted by Crippen LogP contribution is 2.35. The van der Waals surface area contributed by atoms with Gasteiger partial charge in [0.2, 0.25) is 0 Å². The van der Waals surface area contributed by atoms with Crippen molar-refractivity contribution in [2.45, 2.75) is 0 Å². The zero-order valence-electron chi connectivity index (χ0n) is 23.8. The van der Waals surface area contributed by atoms with Crippen LogP contribution in [0.2, 0.25) is 0 Å². The van der Waals surface area contributed by atoms with Gasteiger partial charge >= 0.3 is 0 Å². The van der Waals surface area contributed by atoms with Crippen LogP contribution in [0.25, 0.3) is 67.5 Å². The van der Waals surface area contributed by atoms with Crippen LogP contribution < -0.4 is 0 Å². The first-order valence-corrected chi connectivity index (χ1v) is 14.4. The van der Waals surface area contributed by atoms with Crippen LogP contribution in [0, 0.1) is 11.3 Å². The summed E-state index contributed by atoms with van der Waals surface area (Å²) in [7, 11) is 0. The predicted molar refractivity (Wildman–Crippen MR) is 177 cm³/mol. The molecule has 4 nitrogen and oxygen atoms in total. The molecule has 0 aliphatic heterocycles. The van der Waals surface area contributed by atoms with E-state index in [0.29, 0.717) is 23.0 Å². The molecule has 0 atom stereocenters. The Morgan fingerprint density at radius 3 is 1.23 bits per heavy atom. The maximum Gasteiger partial charge on any atom is 0.164 e. The monoisotopic (exact) mass is 562 g/mol. The third kappa shape index (κ3) is 5.63. The van der Waals surface area contributed by atoms with Gasteiger partial charge in [0, 0.05) is 16.7 Å². The lowest BCUT2D eigenvalue weighted by atomic mass is 9.93. The van der Waals surface area contributed by atoms with E-state index in [1.807, 2.05) is 91.0 Å². The van der Waals surface area contributed by atoms with Gasteiger partial charge in [-0.1, -0.05) is 121 Å². The fourth-order valence-corrected chi connectivity index (χ4v) is 5.30. The predicted octanol–water partition coefficient (Wildman–Crippen LogP) is 9.75. The summed E-state index contributed by atoms with van der Waals surface area (Å²) in [6.45, 7) is 0. The van der Waals surface area contributed by atoms with Crippen LogP contribution in [0.3, 0.4) is 0 Å². The van der Waals surface area contributed by atoms with Gasteiger partial charge in [0.25, 0.3) is 0 Å². The van der Waals surface area contributed by atoms with Gasteiger partial charge in [-0.05, 0) is 69.8 Å². The van der Waals surface area contributed by atoms with Gasteiger partial charge in [-0.15, -0.1) is 0 Å². The third-order valence-electron chi connectivity index (χ3n) is 7.52. The highest BCUT2D eigenvalue weighted by molar-refractivity contribution is 5.82. The molecule has 0 spiro atoms. The highest BCUT2D eigenvalue weighted by Gasteiger charge is 2.15. The number of hydrogen-bond acceptors (Lipinski definition) is 4. The van der Waals surface area contributed by atoms with Crippen LogP contribution in [-0.4, -0.2) is 15.0 Å². The Labute approximate surface area is 256 Å². The van der Waals surface area contributed by atoms with Crippen molar-refractivity contribution in [1.29, 1.82) is 5.26 Å². The molecule has 7 rings (SSSR count). The van der Waals surface area contributed by atoms with Crippen molar-refractivity contribution < 1.29 is 0 Å².